The van der Waals surface area contributed by atoms with E-state index in [1.807, 2.05) is 24.3 Å². The second-order valence-electron chi connectivity index (χ2n) is 11.6. The SMILES string of the molecule is c1ccc(N(c2ccc(-c3nc4ccccc4nc3-c3ccc4ccccc4c3)cc2)c2ccc3[nH]c4ccccc4c3c2)cc1. The fourth-order valence-electron chi connectivity index (χ4n) is 6.51. The first-order valence-corrected chi connectivity index (χ1v) is 15.5. The van der Waals surface area contributed by atoms with E-state index in [0.29, 0.717) is 0 Å². The van der Waals surface area contributed by atoms with Crippen LogP contribution in [0.5, 0.6) is 0 Å². The van der Waals surface area contributed by atoms with Gasteiger partial charge in [0.1, 0.15) is 0 Å². The molecule has 1 N–H and O–H groups in total. The highest BCUT2D eigenvalue weighted by Crippen LogP contribution is 2.39. The highest BCUT2D eigenvalue weighted by atomic mass is 15.1. The first kappa shape index (κ1) is 26.2. The number of fused-ring (bicyclic) bond motifs is 5. The summed E-state index contributed by atoms with van der Waals surface area (Å²) in [6, 6.07) is 57.4. The predicted octanol–water partition coefficient (Wildman–Crippen LogP) is 11.2. The van der Waals surface area contributed by atoms with Crippen LogP contribution >= 0.6 is 0 Å². The molecular weight excluding hydrogens is 560 g/mol. The molecule has 0 aliphatic carbocycles. The van der Waals surface area contributed by atoms with Gasteiger partial charge in [0.2, 0.25) is 0 Å². The molecule has 7 aromatic carbocycles. The monoisotopic (exact) mass is 588 g/mol. The third-order valence-corrected chi connectivity index (χ3v) is 8.75. The van der Waals surface area contributed by atoms with Crippen LogP contribution in [0.2, 0.25) is 0 Å². The largest absolute Gasteiger partial charge is 0.355 e. The zero-order valence-corrected chi connectivity index (χ0v) is 24.9. The highest BCUT2D eigenvalue weighted by Gasteiger charge is 2.17. The van der Waals surface area contributed by atoms with Gasteiger partial charge in [-0.15, -0.1) is 0 Å². The van der Waals surface area contributed by atoms with Gasteiger partial charge < -0.3 is 9.88 Å². The third kappa shape index (κ3) is 4.47. The van der Waals surface area contributed by atoms with Crippen LogP contribution in [0.4, 0.5) is 17.1 Å². The van der Waals surface area contributed by atoms with E-state index in [2.05, 4.69) is 149 Å². The minimum absolute atomic E-state index is 0.868. The number of benzene rings is 7. The second-order valence-corrected chi connectivity index (χ2v) is 11.6. The van der Waals surface area contributed by atoms with E-state index >= 15 is 0 Å². The molecule has 46 heavy (non-hydrogen) atoms. The van der Waals surface area contributed by atoms with Crippen LogP contribution < -0.4 is 4.90 Å². The van der Waals surface area contributed by atoms with E-state index in [4.69, 9.17) is 9.97 Å². The minimum Gasteiger partial charge on any atom is -0.355 e. The zero-order chi connectivity index (χ0) is 30.5. The van der Waals surface area contributed by atoms with Crippen molar-refractivity contribution in [2.75, 3.05) is 4.90 Å². The molecule has 4 nitrogen and oxygen atoms in total. The van der Waals surface area contributed by atoms with Gasteiger partial charge in [-0.05, 0) is 77.5 Å². The fourth-order valence-corrected chi connectivity index (χ4v) is 6.51. The number of nitrogens with one attached hydrogen (secondary N) is 1. The van der Waals surface area contributed by atoms with Gasteiger partial charge in [0.25, 0.3) is 0 Å². The topological polar surface area (TPSA) is 44.8 Å². The van der Waals surface area contributed by atoms with Gasteiger partial charge in [-0.3, -0.25) is 0 Å². The minimum atomic E-state index is 0.868. The number of para-hydroxylation sites is 4. The molecule has 216 valence electrons. The number of nitrogens with zero attached hydrogens (tertiary/aromatic N) is 3. The van der Waals surface area contributed by atoms with Crippen molar-refractivity contribution in [1.29, 1.82) is 0 Å². The summed E-state index contributed by atoms with van der Waals surface area (Å²) in [5, 5.41) is 4.82. The van der Waals surface area contributed by atoms with Crippen LogP contribution in [0, 0.1) is 0 Å². The van der Waals surface area contributed by atoms with Gasteiger partial charge in [-0.25, -0.2) is 9.97 Å². The molecule has 0 atom stereocenters. The van der Waals surface area contributed by atoms with Gasteiger partial charge in [0, 0.05) is 50.0 Å². The molecular formula is C42H28N4. The molecule has 0 radical (unpaired) electrons. The Morgan fingerprint density at radius 1 is 0.391 bits per heavy atom. The van der Waals surface area contributed by atoms with Crippen LogP contribution in [0.25, 0.3) is 66.1 Å². The smallest absolute Gasteiger partial charge is 0.0973 e. The van der Waals surface area contributed by atoms with Crippen molar-refractivity contribution in [2.45, 2.75) is 0 Å². The fraction of sp³-hybridized carbons (Fsp3) is 0. The maximum atomic E-state index is 5.17. The lowest BCUT2D eigenvalue weighted by Crippen LogP contribution is -2.09. The van der Waals surface area contributed by atoms with E-state index in [-0.39, 0.29) is 0 Å². The first-order valence-electron chi connectivity index (χ1n) is 15.5. The summed E-state index contributed by atoms with van der Waals surface area (Å²) in [6.07, 6.45) is 0. The van der Waals surface area contributed by atoms with E-state index in [0.717, 1.165) is 61.6 Å². The summed E-state index contributed by atoms with van der Waals surface area (Å²) < 4.78 is 0. The van der Waals surface area contributed by atoms with Crippen LogP contribution in [0.1, 0.15) is 0 Å². The molecule has 2 aromatic heterocycles. The van der Waals surface area contributed by atoms with Gasteiger partial charge >= 0.3 is 0 Å². The Kier molecular flexibility index (Phi) is 6.10. The third-order valence-electron chi connectivity index (χ3n) is 8.75. The maximum Gasteiger partial charge on any atom is 0.0973 e. The van der Waals surface area contributed by atoms with Gasteiger partial charge in [-0.1, -0.05) is 97.1 Å². The van der Waals surface area contributed by atoms with Crippen LogP contribution in [-0.2, 0) is 0 Å². The van der Waals surface area contributed by atoms with Crippen LogP contribution in [0.15, 0.2) is 164 Å². The molecule has 9 rings (SSSR count). The molecule has 0 fully saturated rings. The second kappa shape index (κ2) is 10.7. The Morgan fingerprint density at radius 2 is 0.978 bits per heavy atom. The average molecular weight is 589 g/mol. The first-order chi connectivity index (χ1) is 22.8. The van der Waals surface area contributed by atoms with Crippen molar-refractivity contribution in [2.24, 2.45) is 0 Å². The summed E-state index contributed by atoms with van der Waals surface area (Å²) in [7, 11) is 0. The van der Waals surface area contributed by atoms with Gasteiger partial charge in [0.15, 0.2) is 0 Å². The van der Waals surface area contributed by atoms with E-state index in [1.54, 1.807) is 0 Å². The lowest BCUT2D eigenvalue weighted by atomic mass is 10.00. The molecule has 0 aliphatic heterocycles. The molecule has 0 amide bonds. The molecule has 0 unspecified atom stereocenters. The summed E-state index contributed by atoms with van der Waals surface area (Å²) in [6.45, 7) is 0. The van der Waals surface area contributed by atoms with Crippen molar-refractivity contribution in [3.63, 3.8) is 0 Å². The van der Waals surface area contributed by atoms with Gasteiger partial charge in [-0.2, -0.15) is 0 Å². The molecule has 0 saturated heterocycles. The molecule has 0 aliphatic rings. The van der Waals surface area contributed by atoms with Crippen molar-refractivity contribution in [1.82, 2.24) is 15.0 Å². The highest BCUT2D eigenvalue weighted by molar-refractivity contribution is 6.08. The van der Waals surface area contributed by atoms with Crippen molar-refractivity contribution >= 4 is 60.7 Å². The summed E-state index contributed by atoms with van der Waals surface area (Å²) in [5.41, 5.74) is 11.1. The number of hydrogen-bond donors (Lipinski definition) is 1. The predicted molar refractivity (Wildman–Crippen MR) is 192 cm³/mol. The van der Waals surface area contributed by atoms with Crippen molar-refractivity contribution in [3.05, 3.63) is 164 Å². The zero-order valence-electron chi connectivity index (χ0n) is 24.9. The Morgan fingerprint density at radius 3 is 1.78 bits per heavy atom. The Hall–Kier alpha value is -6.26. The van der Waals surface area contributed by atoms with Crippen molar-refractivity contribution in [3.8, 4) is 22.5 Å². The lowest BCUT2D eigenvalue weighted by molar-refractivity contribution is 1.27. The number of hydrogen-bond acceptors (Lipinski definition) is 3. The summed E-state index contributed by atoms with van der Waals surface area (Å²) >= 11 is 0. The number of aromatic amines is 1. The van der Waals surface area contributed by atoms with E-state index in [9.17, 15) is 0 Å². The Labute approximate surface area is 266 Å². The van der Waals surface area contributed by atoms with E-state index in [1.165, 1.54) is 21.5 Å². The molecule has 4 heteroatoms. The number of H-pyrrole nitrogens is 1. The summed E-state index contributed by atoms with van der Waals surface area (Å²) in [4.78, 5) is 16.2. The number of rotatable bonds is 5. The van der Waals surface area contributed by atoms with E-state index < -0.39 is 0 Å². The maximum absolute atomic E-state index is 5.17. The molecule has 0 bridgehead atoms. The molecule has 2 heterocycles. The lowest BCUT2D eigenvalue weighted by Gasteiger charge is -2.26. The Balaban J connectivity index is 1.18. The molecule has 0 saturated carbocycles. The molecule has 9 aromatic rings. The number of aromatic nitrogens is 3. The van der Waals surface area contributed by atoms with Gasteiger partial charge in [0.05, 0.1) is 22.4 Å². The normalized spacial score (nSPS) is 11.5. The van der Waals surface area contributed by atoms with Crippen molar-refractivity contribution < 1.29 is 0 Å². The summed E-state index contributed by atoms with van der Waals surface area (Å²) in [5.74, 6) is 0. The standard InChI is InChI=1S/C42H28N4/c1-2-12-32(13-3-1)46(34-24-25-38-36(27-34)35-14-6-7-15-37(35)43-38)33-22-20-29(21-23-33)41-42(45-40-17-9-8-16-39(40)44-41)31-19-18-28-10-4-5-11-30(28)26-31/h1-27,43H. The number of anilines is 3. The average Bonchev–Trinajstić information content (AvgIpc) is 3.50. The molecule has 0 spiro atoms. The van der Waals surface area contributed by atoms with Crippen LogP contribution in [-0.4, -0.2) is 15.0 Å². The van der Waals surface area contributed by atoms with Crippen LogP contribution in [0.3, 0.4) is 0 Å². The quantitative estimate of drug-likeness (QED) is 0.217. The Bertz CT molecular complexity index is 2530.